The lowest BCUT2D eigenvalue weighted by Crippen LogP contribution is -2.19. The monoisotopic (exact) mass is 284 g/mol. The summed E-state index contributed by atoms with van der Waals surface area (Å²) >= 11 is 0. The molecule has 2 rings (SSSR count). The maximum absolute atomic E-state index is 12.3. The van der Waals surface area contributed by atoms with E-state index >= 15 is 0 Å². The predicted octanol–water partition coefficient (Wildman–Crippen LogP) is 2.90. The number of hydrogen-bond acceptors (Lipinski definition) is 3. The van der Waals surface area contributed by atoms with Crippen molar-refractivity contribution in [2.45, 2.75) is 19.4 Å². The Morgan fingerprint density at radius 1 is 1.24 bits per heavy atom. The normalized spacial score (nSPS) is 11.8. The van der Waals surface area contributed by atoms with E-state index in [1.807, 2.05) is 55.5 Å². The van der Waals surface area contributed by atoms with Crippen LogP contribution in [0, 0.1) is 0 Å². The first kappa shape index (κ1) is 15.1. The molecular weight excluding hydrogens is 264 g/mol. The summed E-state index contributed by atoms with van der Waals surface area (Å²) in [6.07, 6.45) is 0. The van der Waals surface area contributed by atoms with Crippen LogP contribution in [0.5, 0.6) is 5.75 Å². The van der Waals surface area contributed by atoms with E-state index in [9.17, 15) is 4.79 Å². The Balaban J connectivity index is 2.16. The highest BCUT2D eigenvalue weighted by Gasteiger charge is 2.16. The van der Waals surface area contributed by atoms with Gasteiger partial charge >= 0.3 is 0 Å². The Hall–Kier alpha value is -2.33. The number of methoxy groups -OCH3 is 1. The summed E-state index contributed by atoms with van der Waals surface area (Å²) in [6.45, 7) is 2.32. The molecule has 0 bridgehead atoms. The molecule has 0 saturated heterocycles. The molecule has 2 aromatic carbocycles. The summed E-state index contributed by atoms with van der Waals surface area (Å²) in [7, 11) is 1.58. The molecule has 0 aliphatic rings. The van der Waals surface area contributed by atoms with E-state index in [1.165, 1.54) is 0 Å². The molecule has 0 heterocycles. The lowest BCUT2D eigenvalue weighted by Gasteiger charge is -2.15. The molecule has 0 aliphatic carbocycles. The number of carbonyl (C=O) groups excluding carboxylic acids is 1. The van der Waals surface area contributed by atoms with Crippen LogP contribution in [0.15, 0.2) is 48.5 Å². The maximum Gasteiger partial charge on any atom is 0.231 e. The Morgan fingerprint density at radius 2 is 1.95 bits per heavy atom. The molecule has 0 fully saturated rings. The number of rotatable bonds is 5. The first-order chi connectivity index (χ1) is 10.2. The molecule has 4 nitrogen and oxygen atoms in total. The molecule has 4 heteroatoms. The number of hydrogen-bond donors (Lipinski definition) is 2. The Labute approximate surface area is 124 Å². The van der Waals surface area contributed by atoms with Gasteiger partial charge in [-0.2, -0.15) is 0 Å². The van der Waals surface area contributed by atoms with Crippen LogP contribution in [0.25, 0.3) is 0 Å². The molecule has 3 N–H and O–H groups in total. The second-order valence-corrected chi connectivity index (χ2v) is 4.86. The van der Waals surface area contributed by atoms with Crippen molar-refractivity contribution in [3.63, 3.8) is 0 Å². The van der Waals surface area contributed by atoms with Crippen molar-refractivity contribution in [2.24, 2.45) is 5.73 Å². The van der Waals surface area contributed by atoms with Crippen LogP contribution in [0.1, 0.15) is 24.0 Å². The van der Waals surface area contributed by atoms with Crippen molar-refractivity contribution in [1.29, 1.82) is 0 Å². The van der Waals surface area contributed by atoms with Gasteiger partial charge in [-0.3, -0.25) is 4.79 Å². The standard InChI is InChI=1S/C17H20N2O2/c1-12(14-6-4-3-5-7-14)17(20)19-15-9-8-13(11-18)10-16(15)21-2/h3-10,12H,11,18H2,1-2H3,(H,19,20). The van der Waals surface area contributed by atoms with Gasteiger partial charge in [0.05, 0.1) is 18.7 Å². The minimum atomic E-state index is -0.231. The second kappa shape index (κ2) is 6.90. The van der Waals surface area contributed by atoms with E-state index in [1.54, 1.807) is 7.11 Å². The molecule has 0 aromatic heterocycles. The maximum atomic E-state index is 12.3. The number of nitrogens with one attached hydrogen (secondary N) is 1. The zero-order valence-corrected chi connectivity index (χ0v) is 12.3. The van der Waals surface area contributed by atoms with E-state index in [-0.39, 0.29) is 11.8 Å². The smallest absolute Gasteiger partial charge is 0.231 e. The largest absolute Gasteiger partial charge is 0.495 e. The second-order valence-electron chi connectivity index (χ2n) is 4.86. The lowest BCUT2D eigenvalue weighted by atomic mass is 10.0. The fourth-order valence-corrected chi connectivity index (χ4v) is 2.10. The van der Waals surface area contributed by atoms with E-state index in [2.05, 4.69) is 5.32 Å². The first-order valence-electron chi connectivity index (χ1n) is 6.88. The summed E-state index contributed by atoms with van der Waals surface area (Å²) < 4.78 is 5.30. The molecule has 21 heavy (non-hydrogen) atoms. The fourth-order valence-electron chi connectivity index (χ4n) is 2.10. The Morgan fingerprint density at radius 3 is 2.57 bits per heavy atom. The van der Waals surface area contributed by atoms with Gasteiger partial charge in [0, 0.05) is 6.54 Å². The van der Waals surface area contributed by atoms with Crippen LogP contribution < -0.4 is 15.8 Å². The van der Waals surface area contributed by atoms with E-state index in [4.69, 9.17) is 10.5 Å². The third-order valence-electron chi connectivity index (χ3n) is 3.45. The molecule has 0 radical (unpaired) electrons. The SMILES string of the molecule is COc1cc(CN)ccc1NC(=O)C(C)c1ccccc1. The van der Waals surface area contributed by atoms with E-state index in [0.717, 1.165) is 11.1 Å². The summed E-state index contributed by atoms with van der Waals surface area (Å²) in [4.78, 5) is 12.3. The zero-order valence-electron chi connectivity index (χ0n) is 12.3. The minimum Gasteiger partial charge on any atom is -0.495 e. The molecule has 1 atom stereocenters. The van der Waals surface area contributed by atoms with Crippen molar-refractivity contribution in [3.05, 3.63) is 59.7 Å². The van der Waals surface area contributed by atoms with Gasteiger partial charge in [0.1, 0.15) is 5.75 Å². The van der Waals surface area contributed by atoms with Crippen molar-refractivity contribution >= 4 is 11.6 Å². The van der Waals surface area contributed by atoms with Gasteiger partial charge in [-0.25, -0.2) is 0 Å². The first-order valence-corrected chi connectivity index (χ1v) is 6.88. The summed E-state index contributed by atoms with van der Waals surface area (Å²) in [6, 6.07) is 15.2. The van der Waals surface area contributed by atoms with E-state index in [0.29, 0.717) is 18.0 Å². The van der Waals surface area contributed by atoms with Gasteiger partial charge < -0.3 is 15.8 Å². The number of carbonyl (C=O) groups is 1. The van der Waals surface area contributed by atoms with Crippen molar-refractivity contribution in [3.8, 4) is 5.75 Å². The minimum absolute atomic E-state index is 0.0694. The number of amides is 1. The molecule has 0 saturated carbocycles. The highest BCUT2D eigenvalue weighted by molar-refractivity contribution is 5.96. The van der Waals surface area contributed by atoms with Crippen molar-refractivity contribution in [1.82, 2.24) is 0 Å². The molecule has 1 amide bonds. The summed E-state index contributed by atoms with van der Waals surface area (Å²) in [5, 5.41) is 2.91. The Kier molecular flexibility index (Phi) is 4.95. The third-order valence-corrected chi connectivity index (χ3v) is 3.45. The van der Waals surface area contributed by atoms with Crippen LogP contribution in [-0.2, 0) is 11.3 Å². The van der Waals surface area contributed by atoms with Crippen molar-refractivity contribution in [2.75, 3.05) is 12.4 Å². The number of benzene rings is 2. The molecule has 1 unspecified atom stereocenters. The zero-order chi connectivity index (χ0) is 15.2. The average Bonchev–Trinajstić information content (AvgIpc) is 2.55. The number of anilines is 1. The average molecular weight is 284 g/mol. The van der Waals surface area contributed by atoms with Gasteiger partial charge in [0.15, 0.2) is 0 Å². The predicted molar refractivity (Wildman–Crippen MR) is 84.4 cm³/mol. The van der Waals surface area contributed by atoms with Gasteiger partial charge in [-0.15, -0.1) is 0 Å². The fraction of sp³-hybridized carbons (Fsp3) is 0.235. The molecule has 2 aromatic rings. The molecule has 0 aliphatic heterocycles. The van der Waals surface area contributed by atoms with Gasteiger partial charge in [-0.1, -0.05) is 36.4 Å². The quantitative estimate of drug-likeness (QED) is 0.887. The number of ether oxygens (including phenoxy) is 1. The van der Waals surface area contributed by atoms with Crippen LogP contribution in [-0.4, -0.2) is 13.0 Å². The summed E-state index contributed by atoms with van der Waals surface area (Å²) in [5.74, 6) is 0.316. The molecule has 0 spiro atoms. The van der Waals surface area contributed by atoms with Gasteiger partial charge in [0.25, 0.3) is 0 Å². The van der Waals surface area contributed by atoms with Gasteiger partial charge in [-0.05, 0) is 30.2 Å². The van der Waals surface area contributed by atoms with Crippen LogP contribution in [0.4, 0.5) is 5.69 Å². The third kappa shape index (κ3) is 3.61. The topological polar surface area (TPSA) is 64.3 Å². The highest BCUT2D eigenvalue weighted by Crippen LogP contribution is 2.27. The van der Waals surface area contributed by atoms with Crippen LogP contribution in [0.2, 0.25) is 0 Å². The van der Waals surface area contributed by atoms with Gasteiger partial charge in [0.2, 0.25) is 5.91 Å². The Bertz CT molecular complexity index is 611. The van der Waals surface area contributed by atoms with Crippen molar-refractivity contribution < 1.29 is 9.53 Å². The van der Waals surface area contributed by atoms with Crippen LogP contribution >= 0.6 is 0 Å². The van der Waals surface area contributed by atoms with Crippen LogP contribution in [0.3, 0.4) is 0 Å². The van der Waals surface area contributed by atoms with E-state index < -0.39 is 0 Å². The number of nitrogens with two attached hydrogens (primary N) is 1. The lowest BCUT2D eigenvalue weighted by molar-refractivity contribution is -0.117. The summed E-state index contributed by atoms with van der Waals surface area (Å²) in [5.41, 5.74) is 8.20. The molecule has 110 valence electrons. The highest BCUT2D eigenvalue weighted by atomic mass is 16.5. The molecular formula is C17H20N2O2.